The zero-order valence-electron chi connectivity index (χ0n) is 17.6. The molecule has 164 valence electrons. The van der Waals surface area contributed by atoms with E-state index < -0.39 is 28.6 Å². The van der Waals surface area contributed by atoms with Crippen LogP contribution in [0.25, 0.3) is 0 Å². The van der Waals surface area contributed by atoms with E-state index >= 15 is 0 Å². The van der Waals surface area contributed by atoms with Crippen molar-refractivity contribution in [2.45, 2.75) is 39.2 Å². The second-order valence-electron chi connectivity index (χ2n) is 7.78. The van der Waals surface area contributed by atoms with E-state index in [1.807, 2.05) is 13.8 Å². The Hall–Kier alpha value is -2.39. The molecule has 0 bridgehead atoms. The molecule has 1 amide bonds. The summed E-state index contributed by atoms with van der Waals surface area (Å²) >= 11 is 0. The molecule has 2 aliphatic rings. The number of nitrogens with zero attached hydrogens (tertiary/aromatic N) is 1. The van der Waals surface area contributed by atoms with Crippen LogP contribution in [0.1, 0.15) is 32.3 Å². The Bertz CT molecular complexity index is 967. The minimum absolute atomic E-state index is 0.0696. The molecule has 1 aromatic carbocycles. The summed E-state index contributed by atoms with van der Waals surface area (Å²) in [7, 11) is -1.02. The lowest BCUT2D eigenvalue weighted by Crippen LogP contribution is -2.35. The van der Waals surface area contributed by atoms with Crippen LogP contribution in [0.3, 0.4) is 0 Å². The quantitative estimate of drug-likeness (QED) is 0.603. The molecule has 9 heteroatoms. The maximum Gasteiger partial charge on any atom is 0.312 e. The second-order valence-corrected chi connectivity index (χ2v) is 9.66. The third kappa shape index (κ3) is 4.09. The van der Waals surface area contributed by atoms with Crippen molar-refractivity contribution in [1.29, 1.82) is 0 Å². The van der Waals surface area contributed by atoms with Gasteiger partial charge in [-0.3, -0.25) is 9.59 Å². The predicted molar refractivity (Wildman–Crippen MR) is 109 cm³/mol. The molecule has 8 nitrogen and oxygen atoms in total. The van der Waals surface area contributed by atoms with Crippen molar-refractivity contribution >= 4 is 21.9 Å². The van der Waals surface area contributed by atoms with Crippen molar-refractivity contribution in [3.05, 3.63) is 40.3 Å². The number of rotatable bonds is 7. The molecule has 0 radical (unpaired) electrons. The smallest absolute Gasteiger partial charge is 0.312 e. The summed E-state index contributed by atoms with van der Waals surface area (Å²) in [5.74, 6) is -0.886. The predicted octanol–water partition coefficient (Wildman–Crippen LogP) is 2.25. The number of hydrogen-bond donors (Lipinski definition) is 0. The van der Waals surface area contributed by atoms with Gasteiger partial charge in [-0.05, 0) is 24.3 Å². The summed E-state index contributed by atoms with van der Waals surface area (Å²) in [6.45, 7) is 3.25. The van der Waals surface area contributed by atoms with Gasteiger partial charge in [-0.25, -0.2) is 8.42 Å². The third-order valence-corrected chi connectivity index (χ3v) is 7.53. The van der Waals surface area contributed by atoms with Gasteiger partial charge in [-0.1, -0.05) is 32.0 Å². The first-order valence-electron chi connectivity index (χ1n) is 9.81. The zero-order chi connectivity index (χ0) is 22.1. The van der Waals surface area contributed by atoms with E-state index in [2.05, 4.69) is 0 Å². The van der Waals surface area contributed by atoms with Gasteiger partial charge in [0.15, 0.2) is 6.73 Å². The van der Waals surface area contributed by atoms with Gasteiger partial charge < -0.3 is 14.2 Å². The number of esters is 1. The maximum absolute atomic E-state index is 13.0. The summed E-state index contributed by atoms with van der Waals surface area (Å²) in [5, 5.41) is 0. The number of sulfonamides is 1. The summed E-state index contributed by atoms with van der Waals surface area (Å²) in [6.07, 6.45) is 0.358. The molecule has 0 spiro atoms. The fraction of sp³-hybridized carbons (Fsp3) is 0.524. The van der Waals surface area contributed by atoms with E-state index in [-0.39, 0.29) is 35.7 Å². The fourth-order valence-corrected chi connectivity index (χ4v) is 5.69. The molecule has 1 heterocycles. The number of carbonyl (C=O) groups excluding carboxylic acids is 2. The molecule has 0 saturated carbocycles. The number of amides is 1. The Morgan fingerprint density at radius 3 is 2.57 bits per heavy atom. The molecule has 1 aliphatic carbocycles. The van der Waals surface area contributed by atoms with Crippen LogP contribution in [-0.4, -0.2) is 51.7 Å². The Morgan fingerprint density at radius 1 is 1.23 bits per heavy atom. The lowest BCUT2D eigenvalue weighted by Gasteiger charge is -2.30. The first-order valence-corrected chi connectivity index (χ1v) is 11.2. The summed E-state index contributed by atoms with van der Waals surface area (Å²) < 4.78 is 42.5. The minimum atomic E-state index is -4.05. The molecule has 1 aliphatic heterocycles. The third-order valence-electron chi connectivity index (χ3n) is 5.67. The number of para-hydroxylation sites is 1. The number of ether oxygens (including phenoxy) is 3. The Kier molecular flexibility index (Phi) is 6.52. The van der Waals surface area contributed by atoms with E-state index in [1.54, 1.807) is 24.3 Å². The van der Waals surface area contributed by atoms with E-state index in [1.165, 1.54) is 14.2 Å². The van der Waals surface area contributed by atoms with E-state index in [9.17, 15) is 18.0 Å². The topological polar surface area (TPSA) is 99.2 Å². The van der Waals surface area contributed by atoms with Crippen molar-refractivity contribution in [3.63, 3.8) is 0 Å². The summed E-state index contributed by atoms with van der Waals surface area (Å²) in [6, 6.07) is 6.97. The van der Waals surface area contributed by atoms with Gasteiger partial charge in [0.05, 0.1) is 24.5 Å². The molecule has 1 aromatic rings. The van der Waals surface area contributed by atoms with Crippen molar-refractivity contribution in [2.24, 2.45) is 11.8 Å². The summed E-state index contributed by atoms with van der Waals surface area (Å²) in [4.78, 5) is 25.4. The molecule has 2 atom stereocenters. The maximum atomic E-state index is 13.0. The number of methoxy groups -OCH3 is 2. The molecule has 0 N–H and O–H groups in total. The van der Waals surface area contributed by atoms with Gasteiger partial charge in [-0.15, -0.1) is 0 Å². The van der Waals surface area contributed by atoms with Crippen LogP contribution in [0.5, 0.6) is 5.75 Å². The van der Waals surface area contributed by atoms with Gasteiger partial charge >= 0.3 is 5.97 Å². The Labute approximate surface area is 176 Å². The zero-order valence-corrected chi connectivity index (χ0v) is 18.4. The molecule has 0 fully saturated rings. The molecule has 3 rings (SSSR count). The molecule has 0 saturated heterocycles. The van der Waals surface area contributed by atoms with Crippen molar-refractivity contribution in [3.8, 4) is 5.75 Å². The fourth-order valence-electron chi connectivity index (χ4n) is 4.01. The first kappa shape index (κ1) is 22.3. The molecular weight excluding hydrogens is 410 g/mol. The highest BCUT2D eigenvalue weighted by Crippen LogP contribution is 2.44. The van der Waals surface area contributed by atoms with Gasteiger partial charge in [0.25, 0.3) is 15.9 Å². The molecule has 2 unspecified atom stereocenters. The number of carbonyl (C=O) groups is 2. The van der Waals surface area contributed by atoms with Gasteiger partial charge in [-0.2, -0.15) is 4.31 Å². The number of benzene rings is 1. The Balaban J connectivity index is 1.75. The average Bonchev–Trinajstić information content (AvgIpc) is 2.91. The van der Waals surface area contributed by atoms with E-state index in [4.69, 9.17) is 14.2 Å². The van der Waals surface area contributed by atoms with E-state index in [0.717, 1.165) is 0 Å². The highest BCUT2D eigenvalue weighted by molar-refractivity contribution is 7.94. The lowest BCUT2D eigenvalue weighted by molar-refractivity contribution is -0.147. The van der Waals surface area contributed by atoms with Crippen LogP contribution in [0.15, 0.2) is 34.7 Å². The normalized spacial score (nSPS) is 23.0. The van der Waals surface area contributed by atoms with Crippen molar-refractivity contribution in [1.82, 2.24) is 4.31 Å². The highest BCUT2D eigenvalue weighted by Gasteiger charge is 2.50. The standard InChI is InChI=1S/C21H27NO7S/c1-13(2)16-10-15(27-3)11-18-20(16)21(24)22(30(18,25)26)12-29-19(23)9-14-7-5-6-8-17(14)28-4/h5-8,13,15-16H,9-12H2,1-4H3. The number of hydrogen-bond acceptors (Lipinski definition) is 7. The van der Waals surface area contributed by atoms with Crippen LogP contribution in [0.2, 0.25) is 0 Å². The first-order chi connectivity index (χ1) is 14.2. The largest absolute Gasteiger partial charge is 0.496 e. The summed E-state index contributed by atoms with van der Waals surface area (Å²) in [5.41, 5.74) is 0.917. The van der Waals surface area contributed by atoms with Gasteiger partial charge in [0, 0.05) is 24.7 Å². The highest BCUT2D eigenvalue weighted by atomic mass is 32.2. The van der Waals surface area contributed by atoms with Gasteiger partial charge in [0.1, 0.15) is 5.75 Å². The average molecular weight is 438 g/mol. The SMILES string of the molecule is COc1ccccc1CC(=O)OCN1C(=O)C2=C(CC(OC)CC2C(C)C)S1(=O)=O. The molecule has 0 aromatic heterocycles. The van der Waals surface area contributed by atoms with Crippen LogP contribution >= 0.6 is 0 Å². The monoisotopic (exact) mass is 437 g/mol. The van der Waals surface area contributed by atoms with Gasteiger partial charge in [0.2, 0.25) is 0 Å². The second kappa shape index (κ2) is 8.77. The minimum Gasteiger partial charge on any atom is -0.496 e. The van der Waals surface area contributed by atoms with E-state index in [0.29, 0.717) is 27.6 Å². The van der Waals surface area contributed by atoms with Crippen LogP contribution < -0.4 is 4.74 Å². The molecule has 30 heavy (non-hydrogen) atoms. The van der Waals surface area contributed by atoms with Crippen LogP contribution in [-0.2, 0) is 35.5 Å². The van der Waals surface area contributed by atoms with Crippen LogP contribution in [0.4, 0.5) is 0 Å². The lowest BCUT2D eigenvalue weighted by atomic mass is 9.78. The molecular formula is C21H27NO7S. The van der Waals surface area contributed by atoms with Crippen molar-refractivity contribution < 1.29 is 32.2 Å². The van der Waals surface area contributed by atoms with Crippen molar-refractivity contribution in [2.75, 3.05) is 21.0 Å². The van der Waals surface area contributed by atoms with Crippen LogP contribution in [0, 0.1) is 11.8 Å². The Morgan fingerprint density at radius 2 is 1.93 bits per heavy atom.